The summed E-state index contributed by atoms with van der Waals surface area (Å²) >= 11 is 1.35. The fourth-order valence-electron chi connectivity index (χ4n) is 2.11. The van der Waals surface area contributed by atoms with Gasteiger partial charge in [-0.1, -0.05) is 41.7 Å². The molecule has 0 aliphatic heterocycles. The number of benzene rings is 2. The Morgan fingerprint density at radius 2 is 1.96 bits per heavy atom. The Morgan fingerprint density at radius 3 is 2.74 bits per heavy atom. The standard InChI is InChI=1S/C16H14FN3O2S/c17-11-6-2-1-5-10(11)13(21)9-18-15(22)20-16-19-12-7-3-4-8-14(12)23-16/h1-8,13,21H,9H2,(H2,18,19,20,22). The average molecular weight is 331 g/mol. The largest absolute Gasteiger partial charge is 0.386 e. The van der Waals surface area contributed by atoms with Crippen LogP contribution in [-0.4, -0.2) is 22.7 Å². The molecule has 118 valence electrons. The van der Waals surface area contributed by atoms with Crippen LogP contribution in [0.4, 0.5) is 14.3 Å². The summed E-state index contributed by atoms with van der Waals surface area (Å²) in [7, 11) is 0. The molecule has 3 aromatic rings. The topological polar surface area (TPSA) is 74.2 Å². The second-order valence-electron chi connectivity index (χ2n) is 4.86. The minimum absolute atomic E-state index is 0.0995. The van der Waals surface area contributed by atoms with Gasteiger partial charge in [0.2, 0.25) is 0 Å². The maximum atomic E-state index is 13.5. The number of carbonyl (C=O) groups is 1. The lowest BCUT2D eigenvalue weighted by molar-refractivity contribution is 0.170. The summed E-state index contributed by atoms with van der Waals surface area (Å²) in [6.45, 7) is -0.0995. The van der Waals surface area contributed by atoms with Crippen LogP contribution in [-0.2, 0) is 0 Å². The first-order chi connectivity index (χ1) is 11.1. The molecule has 0 spiro atoms. The van der Waals surface area contributed by atoms with Crippen LogP contribution in [0.15, 0.2) is 48.5 Å². The predicted molar refractivity (Wildman–Crippen MR) is 88.0 cm³/mol. The Bertz CT molecular complexity index is 804. The van der Waals surface area contributed by atoms with E-state index in [1.165, 1.54) is 23.5 Å². The van der Waals surface area contributed by atoms with Gasteiger partial charge in [-0.15, -0.1) is 0 Å². The lowest BCUT2D eigenvalue weighted by Crippen LogP contribution is -2.32. The fourth-order valence-corrected chi connectivity index (χ4v) is 2.97. The lowest BCUT2D eigenvalue weighted by atomic mass is 10.1. The van der Waals surface area contributed by atoms with E-state index in [9.17, 15) is 14.3 Å². The molecule has 0 fully saturated rings. The summed E-state index contributed by atoms with van der Waals surface area (Å²) in [5, 5.41) is 15.5. The Hall–Kier alpha value is -2.51. The van der Waals surface area contributed by atoms with Gasteiger partial charge in [-0.05, 0) is 18.2 Å². The average Bonchev–Trinajstić information content (AvgIpc) is 2.95. The Labute approximate surface area is 135 Å². The lowest BCUT2D eigenvalue weighted by Gasteiger charge is -2.12. The number of amides is 2. The van der Waals surface area contributed by atoms with Crippen molar-refractivity contribution in [2.24, 2.45) is 0 Å². The highest BCUT2D eigenvalue weighted by Crippen LogP contribution is 2.25. The molecule has 0 saturated heterocycles. The number of thiazole rings is 1. The summed E-state index contributed by atoms with van der Waals surface area (Å²) in [5.74, 6) is -0.506. The molecule has 23 heavy (non-hydrogen) atoms. The molecular weight excluding hydrogens is 317 g/mol. The first-order valence-electron chi connectivity index (χ1n) is 6.96. The van der Waals surface area contributed by atoms with Crippen LogP contribution in [0.25, 0.3) is 10.2 Å². The number of rotatable bonds is 4. The number of hydrogen-bond acceptors (Lipinski definition) is 4. The SMILES string of the molecule is O=C(NCC(O)c1ccccc1F)Nc1nc2ccccc2s1. The smallest absolute Gasteiger partial charge is 0.321 e. The van der Waals surface area contributed by atoms with E-state index in [1.807, 2.05) is 24.3 Å². The van der Waals surface area contributed by atoms with Crippen molar-refractivity contribution < 1.29 is 14.3 Å². The molecule has 2 amide bonds. The molecule has 0 radical (unpaired) electrons. The van der Waals surface area contributed by atoms with Crippen LogP contribution in [0.2, 0.25) is 0 Å². The van der Waals surface area contributed by atoms with E-state index in [2.05, 4.69) is 15.6 Å². The molecule has 3 N–H and O–H groups in total. The minimum Gasteiger partial charge on any atom is -0.386 e. The quantitative estimate of drug-likeness (QED) is 0.687. The van der Waals surface area contributed by atoms with Crippen LogP contribution < -0.4 is 10.6 Å². The molecule has 0 saturated carbocycles. The van der Waals surface area contributed by atoms with E-state index in [0.29, 0.717) is 5.13 Å². The molecule has 7 heteroatoms. The highest BCUT2D eigenvalue weighted by molar-refractivity contribution is 7.22. The number of para-hydroxylation sites is 1. The molecule has 1 aromatic heterocycles. The molecule has 1 unspecified atom stereocenters. The fraction of sp³-hybridized carbons (Fsp3) is 0.125. The normalized spacial score (nSPS) is 12.1. The second-order valence-corrected chi connectivity index (χ2v) is 5.89. The third-order valence-corrected chi connectivity index (χ3v) is 4.19. The summed E-state index contributed by atoms with van der Waals surface area (Å²) in [5.41, 5.74) is 0.951. The Kier molecular flexibility index (Phi) is 4.50. The van der Waals surface area contributed by atoms with Crippen LogP contribution in [0.3, 0.4) is 0 Å². The van der Waals surface area contributed by atoms with Crippen molar-refractivity contribution in [3.05, 3.63) is 59.9 Å². The monoisotopic (exact) mass is 331 g/mol. The van der Waals surface area contributed by atoms with Gasteiger partial charge < -0.3 is 10.4 Å². The Balaban J connectivity index is 1.58. The number of carbonyl (C=O) groups excluding carboxylic acids is 1. The van der Waals surface area contributed by atoms with Gasteiger partial charge >= 0.3 is 6.03 Å². The van der Waals surface area contributed by atoms with Crippen molar-refractivity contribution in [3.63, 3.8) is 0 Å². The summed E-state index contributed by atoms with van der Waals surface area (Å²) in [4.78, 5) is 16.1. The van der Waals surface area contributed by atoms with Gasteiger partial charge in [-0.3, -0.25) is 5.32 Å². The third kappa shape index (κ3) is 3.64. The molecule has 0 bridgehead atoms. The number of nitrogens with zero attached hydrogens (tertiary/aromatic N) is 1. The number of hydrogen-bond donors (Lipinski definition) is 3. The third-order valence-electron chi connectivity index (χ3n) is 3.23. The number of anilines is 1. The maximum absolute atomic E-state index is 13.5. The first kappa shape index (κ1) is 15.4. The highest BCUT2D eigenvalue weighted by Gasteiger charge is 2.14. The molecular formula is C16H14FN3O2S. The minimum atomic E-state index is -1.11. The second kappa shape index (κ2) is 6.72. The molecule has 1 atom stereocenters. The van der Waals surface area contributed by atoms with Gasteiger partial charge in [0.15, 0.2) is 5.13 Å². The zero-order valence-electron chi connectivity index (χ0n) is 12.0. The van der Waals surface area contributed by atoms with Crippen LogP contribution in [0.5, 0.6) is 0 Å². The van der Waals surface area contributed by atoms with E-state index in [0.717, 1.165) is 10.2 Å². The number of halogens is 1. The van der Waals surface area contributed by atoms with E-state index < -0.39 is 18.0 Å². The number of nitrogens with one attached hydrogen (secondary N) is 2. The summed E-state index contributed by atoms with van der Waals surface area (Å²) in [6, 6.07) is 13.0. The van der Waals surface area contributed by atoms with E-state index in [-0.39, 0.29) is 12.1 Å². The van der Waals surface area contributed by atoms with Crippen molar-refractivity contribution in [3.8, 4) is 0 Å². The maximum Gasteiger partial charge on any atom is 0.321 e. The number of urea groups is 1. The van der Waals surface area contributed by atoms with Crippen molar-refractivity contribution >= 4 is 32.7 Å². The zero-order valence-corrected chi connectivity index (χ0v) is 12.8. The first-order valence-corrected chi connectivity index (χ1v) is 7.78. The predicted octanol–water partition coefficient (Wildman–Crippen LogP) is 3.29. The van der Waals surface area contributed by atoms with E-state index in [1.54, 1.807) is 12.1 Å². The van der Waals surface area contributed by atoms with Crippen molar-refractivity contribution in [1.29, 1.82) is 0 Å². The number of aromatic nitrogens is 1. The van der Waals surface area contributed by atoms with Gasteiger partial charge in [0.05, 0.1) is 16.3 Å². The van der Waals surface area contributed by atoms with Gasteiger partial charge in [0.25, 0.3) is 0 Å². The van der Waals surface area contributed by atoms with Gasteiger partial charge in [-0.25, -0.2) is 14.2 Å². The van der Waals surface area contributed by atoms with Crippen molar-refractivity contribution in [1.82, 2.24) is 10.3 Å². The molecule has 3 rings (SSSR count). The Morgan fingerprint density at radius 1 is 1.22 bits per heavy atom. The highest BCUT2D eigenvalue weighted by atomic mass is 32.1. The van der Waals surface area contributed by atoms with E-state index >= 15 is 0 Å². The van der Waals surface area contributed by atoms with Crippen LogP contribution >= 0.6 is 11.3 Å². The van der Waals surface area contributed by atoms with Gasteiger partial charge in [0, 0.05) is 12.1 Å². The number of aliphatic hydroxyl groups excluding tert-OH is 1. The zero-order chi connectivity index (χ0) is 16.2. The molecule has 2 aromatic carbocycles. The summed E-state index contributed by atoms with van der Waals surface area (Å²) in [6.07, 6.45) is -1.11. The molecule has 1 heterocycles. The number of aliphatic hydroxyl groups is 1. The van der Waals surface area contributed by atoms with E-state index in [4.69, 9.17) is 0 Å². The molecule has 0 aliphatic rings. The van der Waals surface area contributed by atoms with Gasteiger partial charge in [-0.2, -0.15) is 0 Å². The van der Waals surface area contributed by atoms with Crippen molar-refractivity contribution in [2.45, 2.75) is 6.10 Å². The van der Waals surface area contributed by atoms with Crippen LogP contribution in [0, 0.1) is 5.82 Å². The van der Waals surface area contributed by atoms with Gasteiger partial charge in [0.1, 0.15) is 5.82 Å². The summed E-state index contributed by atoms with van der Waals surface area (Å²) < 4.78 is 14.5. The van der Waals surface area contributed by atoms with Crippen LogP contribution in [0.1, 0.15) is 11.7 Å². The van der Waals surface area contributed by atoms with Crippen molar-refractivity contribution in [2.75, 3.05) is 11.9 Å². The number of fused-ring (bicyclic) bond motifs is 1. The molecule has 5 nitrogen and oxygen atoms in total. The molecule has 0 aliphatic carbocycles.